The van der Waals surface area contributed by atoms with Gasteiger partial charge in [0.1, 0.15) is 5.01 Å². The van der Waals surface area contributed by atoms with Crippen LogP contribution in [0.1, 0.15) is 10.6 Å². The van der Waals surface area contributed by atoms with E-state index < -0.39 is 0 Å². The number of hydrogen-bond acceptors (Lipinski definition) is 6. The summed E-state index contributed by atoms with van der Waals surface area (Å²) in [4.78, 5) is 9.52. The molecule has 4 nitrogen and oxygen atoms in total. The fourth-order valence-corrected chi connectivity index (χ4v) is 3.64. The third kappa shape index (κ3) is 3.41. The first-order chi connectivity index (χ1) is 10.3. The Morgan fingerprint density at radius 2 is 2.14 bits per heavy atom. The molecule has 0 bridgehead atoms. The Kier molecular flexibility index (Phi) is 4.50. The molecule has 3 aromatic rings. The van der Waals surface area contributed by atoms with Crippen LogP contribution >= 0.6 is 34.3 Å². The molecule has 3 rings (SSSR count). The van der Waals surface area contributed by atoms with E-state index >= 15 is 0 Å². The van der Waals surface area contributed by atoms with Crippen molar-refractivity contribution >= 4 is 40.0 Å². The minimum Gasteiger partial charge on any atom is -0.390 e. The summed E-state index contributed by atoms with van der Waals surface area (Å²) in [6, 6.07) is 7.98. The number of rotatable bonds is 5. The zero-order valence-electron chi connectivity index (χ0n) is 10.9. The van der Waals surface area contributed by atoms with Gasteiger partial charge in [-0.05, 0) is 12.1 Å². The third-order valence-electron chi connectivity index (χ3n) is 2.85. The van der Waals surface area contributed by atoms with Gasteiger partial charge in [-0.2, -0.15) is 0 Å². The topological polar surface area (TPSA) is 58.0 Å². The lowest BCUT2D eigenvalue weighted by Crippen LogP contribution is -1.99. The predicted octanol–water partition coefficient (Wildman–Crippen LogP) is 4.02. The van der Waals surface area contributed by atoms with E-state index in [9.17, 15) is 0 Å². The first-order valence-electron chi connectivity index (χ1n) is 6.25. The Hall–Kier alpha value is -1.47. The number of halogens is 1. The van der Waals surface area contributed by atoms with Gasteiger partial charge in [0.15, 0.2) is 4.47 Å². The number of aromatic nitrogens is 2. The van der Waals surface area contributed by atoms with Crippen molar-refractivity contribution in [1.29, 1.82) is 0 Å². The van der Waals surface area contributed by atoms with E-state index in [1.165, 1.54) is 22.7 Å². The fraction of sp³-hybridized carbons (Fsp3) is 0.143. The van der Waals surface area contributed by atoms with Gasteiger partial charge in [-0.25, -0.2) is 9.97 Å². The fourth-order valence-electron chi connectivity index (χ4n) is 1.87. The molecule has 0 spiro atoms. The number of hydrogen-bond donors (Lipinski definition) is 2. The molecule has 2 heterocycles. The normalized spacial score (nSPS) is 10.8. The minimum absolute atomic E-state index is 0.0363. The maximum absolute atomic E-state index is 9.13. The van der Waals surface area contributed by atoms with Crippen LogP contribution in [0.4, 0.5) is 5.69 Å². The van der Waals surface area contributed by atoms with Crippen molar-refractivity contribution in [2.45, 2.75) is 13.2 Å². The van der Waals surface area contributed by atoms with Gasteiger partial charge in [0.2, 0.25) is 0 Å². The number of aliphatic hydroxyl groups excluding tert-OH is 1. The molecule has 0 aliphatic rings. The Morgan fingerprint density at radius 1 is 1.29 bits per heavy atom. The highest BCUT2D eigenvalue weighted by Crippen LogP contribution is 2.31. The van der Waals surface area contributed by atoms with E-state index in [1.807, 2.05) is 29.6 Å². The standard InChI is InChI=1S/C14H12ClN3OS2/c15-14-17-6-10(21-14)5-16-12-4-2-1-3-11(12)13-18-9(7-19)8-20-13/h1-4,6,8,16,19H,5,7H2. The van der Waals surface area contributed by atoms with E-state index in [-0.39, 0.29) is 6.61 Å². The molecule has 1 aromatic carbocycles. The molecule has 21 heavy (non-hydrogen) atoms. The van der Waals surface area contributed by atoms with Crippen LogP contribution in [-0.4, -0.2) is 15.1 Å². The molecule has 0 fully saturated rings. The highest BCUT2D eigenvalue weighted by molar-refractivity contribution is 7.15. The lowest BCUT2D eigenvalue weighted by Gasteiger charge is -2.09. The summed E-state index contributed by atoms with van der Waals surface area (Å²) in [6.45, 7) is 0.630. The van der Waals surface area contributed by atoms with Crippen LogP contribution in [0.3, 0.4) is 0 Å². The van der Waals surface area contributed by atoms with Crippen LogP contribution in [0.15, 0.2) is 35.8 Å². The SMILES string of the molecule is OCc1csc(-c2ccccc2NCc2cnc(Cl)s2)n1. The predicted molar refractivity (Wildman–Crippen MR) is 87.9 cm³/mol. The Balaban J connectivity index is 1.82. The molecule has 0 amide bonds. The van der Waals surface area contributed by atoms with E-state index in [0.717, 1.165) is 21.1 Å². The zero-order valence-corrected chi connectivity index (χ0v) is 13.3. The van der Waals surface area contributed by atoms with E-state index in [2.05, 4.69) is 15.3 Å². The lowest BCUT2D eigenvalue weighted by atomic mass is 10.2. The summed E-state index contributed by atoms with van der Waals surface area (Å²) >= 11 is 8.82. The summed E-state index contributed by atoms with van der Waals surface area (Å²) in [7, 11) is 0. The molecular formula is C14H12ClN3OS2. The number of benzene rings is 1. The Labute approximate surface area is 135 Å². The minimum atomic E-state index is -0.0363. The summed E-state index contributed by atoms with van der Waals surface area (Å²) in [5.74, 6) is 0. The number of thiazole rings is 2. The lowest BCUT2D eigenvalue weighted by molar-refractivity contribution is 0.278. The first-order valence-corrected chi connectivity index (χ1v) is 8.32. The van der Waals surface area contributed by atoms with Crippen LogP contribution < -0.4 is 5.32 Å². The molecule has 2 aromatic heterocycles. The molecule has 2 N–H and O–H groups in total. The largest absolute Gasteiger partial charge is 0.390 e. The maximum atomic E-state index is 9.13. The van der Waals surface area contributed by atoms with Gasteiger partial charge in [0, 0.05) is 27.7 Å². The van der Waals surface area contributed by atoms with Gasteiger partial charge in [0.25, 0.3) is 0 Å². The number of para-hydroxylation sites is 1. The quantitative estimate of drug-likeness (QED) is 0.738. The molecule has 0 aliphatic heterocycles. The molecule has 0 atom stereocenters. The van der Waals surface area contributed by atoms with Gasteiger partial charge in [-0.3, -0.25) is 0 Å². The van der Waals surface area contributed by atoms with Crippen LogP contribution in [-0.2, 0) is 13.2 Å². The summed E-state index contributed by atoms with van der Waals surface area (Å²) in [6.07, 6.45) is 1.77. The second kappa shape index (κ2) is 6.53. The Morgan fingerprint density at radius 3 is 2.86 bits per heavy atom. The zero-order chi connectivity index (χ0) is 14.7. The molecule has 0 unspecified atom stereocenters. The molecule has 7 heteroatoms. The summed E-state index contributed by atoms with van der Waals surface area (Å²) in [5.41, 5.74) is 2.72. The smallest absolute Gasteiger partial charge is 0.183 e. The van der Waals surface area contributed by atoms with Gasteiger partial charge in [-0.15, -0.1) is 22.7 Å². The van der Waals surface area contributed by atoms with Gasteiger partial charge >= 0.3 is 0 Å². The monoisotopic (exact) mass is 337 g/mol. The van der Waals surface area contributed by atoms with Crippen molar-refractivity contribution in [2.75, 3.05) is 5.32 Å². The second-order valence-corrected chi connectivity index (χ2v) is 6.84. The van der Waals surface area contributed by atoms with E-state index in [4.69, 9.17) is 16.7 Å². The van der Waals surface area contributed by atoms with Crippen LogP contribution in [0.2, 0.25) is 4.47 Å². The highest BCUT2D eigenvalue weighted by atomic mass is 35.5. The number of nitrogens with one attached hydrogen (secondary N) is 1. The molecule has 0 saturated heterocycles. The second-order valence-electron chi connectivity index (χ2n) is 4.28. The van der Waals surface area contributed by atoms with Gasteiger partial charge in [-0.1, -0.05) is 23.7 Å². The van der Waals surface area contributed by atoms with Gasteiger partial charge in [0.05, 0.1) is 18.8 Å². The summed E-state index contributed by atoms with van der Waals surface area (Å²) < 4.78 is 0.549. The third-order valence-corrected chi connectivity index (χ3v) is 4.89. The van der Waals surface area contributed by atoms with Crippen molar-refractivity contribution in [3.05, 3.63) is 50.9 Å². The summed E-state index contributed by atoms with van der Waals surface area (Å²) in [5, 5.41) is 15.3. The first kappa shape index (κ1) is 14.5. The molecule has 108 valence electrons. The van der Waals surface area contributed by atoms with Crippen molar-refractivity contribution in [2.24, 2.45) is 0 Å². The van der Waals surface area contributed by atoms with Crippen molar-refractivity contribution < 1.29 is 5.11 Å². The average Bonchev–Trinajstić information content (AvgIpc) is 3.14. The molecule has 0 saturated carbocycles. The molecule has 0 radical (unpaired) electrons. The number of aliphatic hydroxyl groups is 1. The van der Waals surface area contributed by atoms with Crippen LogP contribution in [0.25, 0.3) is 10.6 Å². The Bertz CT molecular complexity index is 741. The van der Waals surface area contributed by atoms with Crippen molar-refractivity contribution in [1.82, 2.24) is 9.97 Å². The molecular weight excluding hydrogens is 326 g/mol. The van der Waals surface area contributed by atoms with Crippen molar-refractivity contribution in [3.8, 4) is 10.6 Å². The van der Waals surface area contributed by atoms with Gasteiger partial charge < -0.3 is 10.4 Å². The van der Waals surface area contributed by atoms with Crippen molar-refractivity contribution in [3.63, 3.8) is 0 Å². The maximum Gasteiger partial charge on any atom is 0.183 e. The van der Waals surface area contributed by atoms with E-state index in [1.54, 1.807) is 6.20 Å². The van der Waals surface area contributed by atoms with E-state index in [0.29, 0.717) is 16.7 Å². The molecule has 0 aliphatic carbocycles. The van der Waals surface area contributed by atoms with Crippen LogP contribution in [0.5, 0.6) is 0 Å². The average molecular weight is 338 g/mol. The van der Waals surface area contributed by atoms with Crippen LogP contribution in [0, 0.1) is 0 Å². The number of anilines is 1. The highest BCUT2D eigenvalue weighted by Gasteiger charge is 2.09. The number of nitrogens with zero attached hydrogens (tertiary/aromatic N) is 2.